The van der Waals surface area contributed by atoms with Gasteiger partial charge in [-0.3, -0.25) is 14.4 Å². The summed E-state index contributed by atoms with van der Waals surface area (Å²) in [7, 11) is 3.37. The molecule has 158 valence electrons. The van der Waals surface area contributed by atoms with Crippen LogP contribution in [0, 0.1) is 5.92 Å². The van der Waals surface area contributed by atoms with Crippen molar-refractivity contribution in [3.63, 3.8) is 0 Å². The SMILES string of the molecule is CNC(=O)C[C@@H]1CC[C@H]2[C@H](COc3ccc(NC(=O)C(C)C)cc3C(=O)N2C)O1. The Morgan fingerprint density at radius 2 is 2.03 bits per heavy atom. The number of ether oxygens (including phenoxy) is 2. The number of anilines is 1. The molecule has 2 aliphatic rings. The molecular formula is C21H29N3O5. The number of hydrogen-bond donors (Lipinski definition) is 2. The average molecular weight is 403 g/mol. The Kier molecular flexibility index (Phi) is 6.42. The maximum absolute atomic E-state index is 13.1. The zero-order valence-corrected chi connectivity index (χ0v) is 17.4. The second kappa shape index (κ2) is 8.82. The standard InChI is InChI=1S/C21H29N3O5/c1-12(2)20(26)23-13-5-8-17-15(9-13)21(27)24(4)16-7-6-14(10-19(25)22-3)29-18(16)11-28-17/h5,8-9,12,14,16,18H,6-7,10-11H2,1-4H3,(H,22,25)(H,23,26)/t14-,16-,18-/m0/s1. The van der Waals surface area contributed by atoms with Gasteiger partial charge in [-0.25, -0.2) is 0 Å². The van der Waals surface area contributed by atoms with Crippen molar-refractivity contribution in [1.82, 2.24) is 10.2 Å². The summed E-state index contributed by atoms with van der Waals surface area (Å²) in [5.41, 5.74) is 0.982. The molecule has 0 aliphatic carbocycles. The number of hydrogen-bond acceptors (Lipinski definition) is 5. The Morgan fingerprint density at radius 3 is 2.72 bits per heavy atom. The van der Waals surface area contributed by atoms with Gasteiger partial charge < -0.3 is 25.0 Å². The highest BCUT2D eigenvalue weighted by atomic mass is 16.5. The normalized spacial score (nSPS) is 24.0. The number of amides is 3. The summed E-state index contributed by atoms with van der Waals surface area (Å²) in [5.74, 6) is -0.0514. The predicted molar refractivity (Wildman–Crippen MR) is 108 cm³/mol. The van der Waals surface area contributed by atoms with E-state index >= 15 is 0 Å². The molecule has 1 aromatic carbocycles. The Morgan fingerprint density at radius 1 is 1.28 bits per heavy atom. The van der Waals surface area contributed by atoms with Crippen molar-refractivity contribution in [2.24, 2.45) is 5.92 Å². The molecule has 8 heteroatoms. The van der Waals surface area contributed by atoms with Crippen LogP contribution in [-0.2, 0) is 14.3 Å². The number of benzene rings is 1. The highest BCUT2D eigenvalue weighted by molar-refractivity contribution is 6.00. The summed E-state index contributed by atoms with van der Waals surface area (Å²) >= 11 is 0. The number of carbonyl (C=O) groups is 3. The first-order valence-electron chi connectivity index (χ1n) is 10.0. The number of fused-ring (bicyclic) bond motifs is 2. The Labute approximate surface area is 170 Å². The molecule has 1 saturated heterocycles. The highest BCUT2D eigenvalue weighted by Crippen LogP contribution is 2.32. The molecule has 1 aromatic rings. The first-order valence-corrected chi connectivity index (χ1v) is 10.0. The molecule has 2 heterocycles. The number of nitrogens with zero attached hydrogens (tertiary/aromatic N) is 1. The molecule has 3 amide bonds. The van der Waals surface area contributed by atoms with E-state index in [0.717, 1.165) is 6.42 Å². The maximum Gasteiger partial charge on any atom is 0.257 e. The fourth-order valence-corrected chi connectivity index (χ4v) is 3.70. The van der Waals surface area contributed by atoms with Crippen molar-refractivity contribution >= 4 is 23.4 Å². The van der Waals surface area contributed by atoms with E-state index in [2.05, 4.69) is 10.6 Å². The molecule has 0 aromatic heterocycles. The molecule has 0 saturated carbocycles. The van der Waals surface area contributed by atoms with E-state index in [1.54, 1.807) is 37.2 Å². The van der Waals surface area contributed by atoms with Crippen LogP contribution in [0.4, 0.5) is 5.69 Å². The number of carbonyl (C=O) groups excluding carboxylic acids is 3. The van der Waals surface area contributed by atoms with Gasteiger partial charge in [0.1, 0.15) is 18.5 Å². The predicted octanol–water partition coefficient (Wildman–Crippen LogP) is 1.80. The van der Waals surface area contributed by atoms with Crippen LogP contribution in [0.15, 0.2) is 18.2 Å². The van der Waals surface area contributed by atoms with Crippen LogP contribution in [0.1, 0.15) is 43.5 Å². The fraction of sp³-hybridized carbons (Fsp3) is 0.571. The topological polar surface area (TPSA) is 97.0 Å². The van der Waals surface area contributed by atoms with E-state index in [9.17, 15) is 14.4 Å². The largest absolute Gasteiger partial charge is 0.490 e. The van der Waals surface area contributed by atoms with Crippen LogP contribution in [0.25, 0.3) is 0 Å². The summed E-state index contributed by atoms with van der Waals surface area (Å²) < 4.78 is 12.0. The Bertz CT molecular complexity index is 795. The lowest BCUT2D eigenvalue weighted by Crippen LogP contribution is -2.53. The Balaban J connectivity index is 1.79. The molecule has 0 spiro atoms. The zero-order chi connectivity index (χ0) is 21.1. The molecule has 0 unspecified atom stereocenters. The summed E-state index contributed by atoms with van der Waals surface area (Å²) in [4.78, 5) is 38.5. The van der Waals surface area contributed by atoms with Crippen LogP contribution in [0.3, 0.4) is 0 Å². The van der Waals surface area contributed by atoms with Crippen molar-refractivity contribution in [1.29, 1.82) is 0 Å². The first-order chi connectivity index (χ1) is 13.8. The number of likely N-dealkylation sites (N-methyl/N-ethyl adjacent to an activating group) is 1. The third kappa shape index (κ3) is 4.70. The minimum Gasteiger partial charge on any atom is -0.490 e. The summed E-state index contributed by atoms with van der Waals surface area (Å²) in [6, 6.07) is 4.95. The van der Waals surface area contributed by atoms with Crippen molar-refractivity contribution in [3.05, 3.63) is 23.8 Å². The first kappa shape index (κ1) is 21.1. The smallest absolute Gasteiger partial charge is 0.257 e. The molecule has 1 fully saturated rings. The molecule has 0 bridgehead atoms. The van der Waals surface area contributed by atoms with Crippen LogP contribution < -0.4 is 15.4 Å². The van der Waals surface area contributed by atoms with Gasteiger partial charge in [-0.15, -0.1) is 0 Å². The molecule has 2 N–H and O–H groups in total. The van der Waals surface area contributed by atoms with Gasteiger partial charge in [0.05, 0.1) is 24.1 Å². The zero-order valence-electron chi connectivity index (χ0n) is 17.4. The number of rotatable bonds is 4. The second-order valence-electron chi connectivity index (χ2n) is 7.90. The van der Waals surface area contributed by atoms with Gasteiger partial charge in [0.25, 0.3) is 5.91 Å². The van der Waals surface area contributed by atoms with Gasteiger partial charge >= 0.3 is 0 Å². The van der Waals surface area contributed by atoms with Gasteiger partial charge in [0.15, 0.2) is 0 Å². The molecule has 3 atom stereocenters. The summed E-state index contributed by atoms with van der Waals surface area (Å²) in [6.45, 7) is 3.91. The van der Waals surface area contributed by atoms with Crippen LogP contribution in [0.5, 0.6) is 5.75 Å². The second-order valence-corrected chi connectivity index (χ2v) is 7.90. The fourth-order valence-electron chi connectivity index (χ4n) is 3.70. The summed E-state index contributed by atoms with van der Waals surface area (Å²) in [5, 5.41) is 5.44. The Hall–Kier alpha value is -2.61. The van der Waals surface area contributed by atoms with E-state index in [0.29, 0.717) is 29.8 Å². The molecule has 29 heavy (non-hydrogen) atoms. The molecule has 2 aliphatic heterocycles. The lowest BCUT2D eigenvalue weighted by molar-refractivity contribution is -0.133. The van der Waals surface area contributed by atoms with Crippen molar-refractivity contribution < 1.29 is 23.9 Å². The van der Waals surface area contributed by atoms with E-state index in [1.165, 1.54) is 0 Å². The third-order valence-corrected chi connectivity index (χ3v) is 5.50. The molecule has 3 rings (SSSR count). The average Bonchev–Trinajstić information content (AvgIpc) is 2.70. The van der Waals surface area contributed by atoms with Crippen molar-refractivity contribution in [2.45, 2.75) is 51.4 Å². The summed E-state index contributed by atoms with van der Waals surface area (Å²) in [6.07, 6.45) is 1.24. The van der Waals surface area contributed by atoms with E-state index in [1.807, 2.05) is 13.8 Å². The van der Waals surface area contributed by atoms with Crippen molar-refractivity contribution in [2.75, 3.05) is 26.0 Å². The van der Waals surface area contributed by atoms with Crippen LogP contribution in [0.2, 0.25) is 0 Å². The highest BCUT2D eigenvalue weighted by Gasteiger charge is 2.39. The van der Waals surface area contributed by atoms with Gasteiger partial charge in [0, 0.05) is 25.7 Å². The van der Waals surface area contributed by atoms with Gasteiger partial charge in [-0.2, -0.15) is 0 Å². The molecule has 0 radical (unpaired) electrons. The quantitative estimate of drug-likeness (QED) is 0.799. The van der Waals surface area contributed by atoms with Crippen LogP contribution >= 0.6 is 0 Å². The minimum absolute atomic E-state index is 0.0639. The maximum atomic E-state index is 13.1. The molecular weight excluding hydrogens is 374 g/mol. The lowest BCUT2D eigenvalue weighted by Gasteiger charge is -2.42. The van der Waals surface area contributed by atoms with E-state index in [4.69, 9.17) is 9.47 Å². The minimum atomic E-state index is -0.305. The van der Waals surface area contributed by atoms with E-state index < -0.39 is 0 Å². The van der Waals surface area contributed by atoms with Gasteiger partial charge in [0.2, 0.25) is 11.8 Å². The lowest BCUT2D eigenvalue weighted by atomic mass is 9.94. The van der Waals surface area contributed by atoms with Gasteiger partial charge in [-0.1, -0.05) is 13.8 Å². The monoisotopic (exact) mass is 403 g/mol. The number of nitrogens with one attached hydrogen (secondary N) is 2. The van der Waals surface area contributed by atoms with E-state index in [-0.39, 0.29) is 48.5 Å². The van der Waals surface area contributed by atoms with Gasteiger partial charge in [-0.05, 0) is 31.0 Å². The van der Waals surface area contributed by atoms with Crippen molar-refractivity contribution in [3.8, 4) is 5.75 Å². The third-order valence-electron chi connectivity index (χ3n) is 5.50. The van der Waals surface area contributed by atoms with Crippen LogP contribution in [-0.4, -0.2) is 61.6 Å². The molecule has 8 nitrogen and oxygen atoms in total.